The molecular formula is C18H26ClFN4. The van der Waals surface area contributed by atoms with Gasteiger partial charge in [0, 0.05) is 25.4 Å². The number of aryl methyl sites for hydroxylation is 1. The fraction of sp³-hybridized carbons (Fsp3) is 0.500. The molecule has 3 rings (SSSR count). The third-order valence-electron chi connectivity index (χ3n) is 4.65. The molecule has 2 heterocycles. The van der Waals surface area contributed by atoms with Crippen molar-refractivity contribution in [2.24, 2.45) is 13.0 Å². The Morgan fingerprint density at radius 3 is 2.71 bits per heavy atom. The topological polar surface area (TPSA) is 33.1 Å². The van der Waals surface area contributed by atoms with E-state index in [-0.39, 0.29) is 24.3 Å². The lowest BCUT2D eigenvalue weighted by Crippen LogP contribution is -2.36. The van der Waals surface area contributed by atoms with E-state index in [9.17, 15) is 4.39 Å². The van der Waals surface area contributed by atoms with Gasteiger partial charge < -0.3 is 5.32 Å². The van der Waals surface area contributed by atoms with Gasteiger partial charge in [0.1, 0.15) is 5.82 Å². The van der Waals surface area contributed by atoms with E-state index >= 15 is 0 Å². The number of rotatable bonds is 5. The van der Waals surface area contributed by atoms with Crippen LogP contribution in [0.4, 0.5) is 4.39 Å². The maximum Gasteiger partial charge on any atom is 0.123 e. The van der Waals surface area contributed by atoms with Crippen LogP contribution in [0.3, 0.4) is 0 Å². The molecule has 0 radical (unpaired) electrons. The van der Waals surface area contributed by atoms with Crippen molar-refractivity contribution in [1.29, 1.82) is 0 Å². The summed E-state index contributed by atoms with van der Waals surface area (Å²) in [7, 11) is 4.05. The molecule has 1 aliphatic rings. The normalized spacial score (nSPS) is 16.8. The van der Waals surface area contributed by atoms with E-state index in [0.29, 0.717) is 5.92 Å². The molecule has 1 aliphatic heterocycles. The van der Waals surface area contributed by atoms with Gasteiger partial charge in [-0.3, -0.25) is 9.58 Å². The first kappa shape index (κ1) is 18.9. The lowest BCUT2D eigenvalue weighted by molar-refractivity contribution is 0.207. The van der Waals surface area contributed by atoms with Gasteiger partial charge in [0.05, 0.1) is 12.2 Å². The predicted octanol–water partition coefficient (Wildman–Crippen LogP) is 3.00. The van der Waals surface area contributed by atoms with Crippen LogP contribution in [0.15, 0.2) is 36.7 Å². The lowest BCUT2D eigenvalue weighted by atomic mass is 9.94. The molecule has 0 spiro atoms. The van der Waals surface area contributed by atoms with Gasteiger partial charge in [0.15, 0.2) is 0 Å². The summed E-state index contributed by atoms with van der Waals surface area (Å²) < 4.78 is 15.5. The Bertz CT molecular complexity index is 639. The number of hydrogen-bond donors (Lipinski definition) is 1. The van der Waals surface area contributed by atoms with Crippen molar-refractivity contribution in [3.8, 4) is 0 Å². The van der Waals surface area contributed by atoms with Gasteiger partial charge in [-0.25, -0.2) is 4.39 Å². The molecule has 4 nitrogen and oxygen atoms in total. The molecule has 1 N–H and O–H groups in total. The molecule has 1 atom stereocenters. The molecule has 1 aromatic heterocycles. The third kappa shape index (κ3) is 4.56. The van der Waals surface area contributed by atoms with Crippen LogP contribution in [0.2, 0.25) is 0 Å². The van der Waals surface area contributed by atoms with Crippen LogP contribution in [0.25, 0.3) is 0 Å². The summed E-state index contributed by atoms with van der Waals surface area (Å²) in [5, 5.41) is 7.71. The van der Waals surface area contributed by atoms with E-state index in [0.717, 1.165) is 30.8 Å². The average molecular weight is 353 g/mol. The summed E-state index contributed by atoms with van der Waals surface area (Å²) in [6, 6.07) is 6.95. The molecule has 132 valence electrons. The maximum absolute atomic E-state index is 13.7. The van der Waals surface area contributed by atoms with Crippen molar-refractivity contribution in [3.63, 3.8) is 0 Å². The second kappa shape index (κ2) is 8.60. The average Bonchev–Trinajstić information content (AvgIpc) is 2.94. The minimum atomic E-state index is -0.188. The Morgan fingerprint density at radius 2 is 2.08 bits per heavy atom. The van der Waals surface area contributed by atoms with Crippen LogP contribution in [-0.2, 0) is 7.05 Å². The fourth-order valence-corrected chi connectivity index (χ4v) is 3.54. The van der Waals surface area contributed by atoms with E-state index in [1.54, 1.807) is 16.8 Å². The number of halogens is 2. The van der Waals surface area contributed by atoms with Gasteiger partial charge in [-0.05, 0) is 56.6 Å². The largest absolute Gasteiger partial charge is 0.317 e. The summed E-state index contributed by atoms with van der Waals surface area (Å²) in [6.45, 7) is 3.20. The zero-order valence-electron chi connectivity index (χ0n) is 14.3. The first-order valence-electron chi connectivity index (χ1n) is 8.28. The van der Waals surface area contributed by atoms with Crippen LogP contribution in [-0.4, -0.2) is 41.4 Å². The number of hydrogen-bond acceptors (Lipinski definition) is 3. The molecule has 1 fully saturated rings. The Balaban J connectivity index is 0.00000208. The molecule has 24 heavy (non-hydrogen) atoms. The van der Waals surface area contributed by atoms with E-state index in [2.05, 4.69) is 22.4 Å². The number of aromatic nitrogens is 2. The van der Waals surface area contributed by atoms with E-state index in [1.807, 2.05) is 25.5 Å². The van der Waals surface area contributed by atoms with Gasteiger partial charge in [-0.15, -0.1) is 12.4 Å². The van der Waals surface area contributed by atoms with Crippen molar-refractivity contribution in [3.05, 3.63) is 53.6 Å². The Morgan fingerprint density at radius 1 is 1.33 bits per heavy atom. The van der Waals surface area contributed by atoms with Crippen molar-refractivity contribution in [2.75, 3.05) is 26.7 Å². The second-order valence-corrected chi connectivity index (χ2v) is 6.54. The van der Waals surface area contributed by atoms with E-state index < -0.39 is 0 Å². The summed E-state index contributed by atoms with van der Waals surface area (Å²) in [6.07, 6.45) is 6.31. The molecule has 0 saturated carbocycles. The number of piperidine rings is 1. The first-order valence-corrected chi connectivity index (χ1v) is 8.28. The van der Waals surface area contributed by atoms with Gasteiger partial charge in [-0.2, -0.15) is 5.10 Å². The zero-order chi connectivity index (χ0) is 16.2. The number of nitrogens with one attached hydrogen (secondary N) is 1. The highest BCUT2D eigenvalue weighted by Gasteiger charge is 2.24. The molecule has 2 aromatic rings. The SMILES string of the molecule is CN(CC1CCNCC1)C(c1cccc(F)c1)c1cnn(C)c1.Cl. The van der Waals surface area contributed by atoms with Gasteiger partial charge >= 0.3 is 0 Å². The second-order valence-electron chi connectivity index (χ2n) is 6.54. The van der Waals surface area contributed by atoms with E-state index in [4.69, 9.17) is 0 Å². The zero-order valence-corrected chi connectivity index (χ0v) is 15.1. The Hall–Kier alpha value is -1.43. The quantitative estimate of drug-likeness (QED) is 0.898. The molecule has 0 bridgehead atoms. The van der Waals surface area contributed by atoms with Crippen molar-refractivity contribution < 1.29 is 4.39 Å². The lowest BCUT2D eigenvalue weighted by Gasteiger charge is -2.33. The molecule has 0 aliphatic carbocycles. The predicted molar refractivity (Wildman–Crippen MR) is 96.9 cm³/mol. The van der Waals surface area contributed by atoms with Crippen LogP contribution >= 0.6 is 12.4 Å². The van der Waals surface area contributed by atoms with Gasteiger partial charge in [-0.1, -0.05) is 12.1 Å². The van der Waals surface area contributed by atoms with Crippen LogP contribution in [0.1, 0.15) is 30.0 Å². The Labute approximate surface area is 149 Å². The van der Waals surface area contributed by atoms with Gasteiger partial charge in [0.2, 0.25) is 0 Å². The molecule has 1 saturated heterocycles. The summed E-state index contributed by atoms with van der Waals surface area (Å²) >= 11 is 0. The standard InChI is InChI=1S/C18H25FN4.ClH/c1-22(12-14-6-8-20-9-7-14)18(16-11-21-23(2)13-16)15-4-3-5-17(19)10-15;/h3-5,10-11,13-14,18,20H,6-9,12H2,1-2H3;1H. The van der Waals surface area contributed by atoms with Gasteiger partial charge in [0.25, 0.3) is 0 Å². The highest BCUT2D eigenvalue weighted by molar-refractivity contribution is 5.85. The smallest absolute Gasteiger partial charge is 0.123 e. The first-order chi connectivity index (χ1) is 11.1. The highest BCUT2D eigenvalue weighted by atomic mass is 35.5. The highest BCUT2D eigenvalue weighted by Crippen LogP contribution is 2.29. The minimum absolute atomic E-state index is 0. The number of benzene rings is 1. The Kier molecular flexibility index (Phi) is 6.78. The van der Waals surface area contributed by atoms with Crippen LogP contribution < -0.4 is 5.32 Å². The van der Waals surface area contributed by atoms with E-state index in [1.165, 1.54) is 18.9 Å². The molecule has 0 amide bonds. The molecule has 1 unspecified atom stereocenters. The van der Waals surface area contributed by atoms with Crippen molar-refractivity contribution in [1.82, 2.24) is 20.0 Å². The van der Waals surface area contributed by atoms with Crippen LogP contribution in [0.5, 0.6) is 0 Å². The third-order valence-corrected chi connectivity index (χ3v) is 4.65. The summed E-state index contributed by atoms with van der Waals surface area (Å²) in [5.74, 6) is 0.501. The molecular weight excluding hydrogens is 327 g/mol. The minimum Gasteiger partial charge on any atom is -0.317 e. The summed E-state index contributed by atoms with van der Waals surface area (Å²) in [4.78, 5) is 2.34. The monoisotopic (exact) mass is 352 g/mol. The summed E-state index contributed by atoms with van der Waals surface area (Å²) in [5.41, 5.74) is 2.09. The molecule has 6 heteroatoms. The van der Waals surface area contributed by atoms with Crippen molar-refractivity contribution in [2.45, 2.75) is 18.9 Å². The maximum atomic E-state index is 13.7. The molecule has 1 aromatic carbocycles. The fourth-order valence-electron chi connectivity index (χ4n) is 3.54. The van der Waals surface area contributed by atoms with Crippen LogP contribution in [0, 0.1) is 11.7 Å². The van der Waals surface area contributed by atoms with Crippen molar-refractivity contribution >= 4 is 12.4 Å². The number of nitrogens with zero attached hydrogens (tertiary/aromatic N) is 3.